The van der Waals surface area contributed by atoms with Crippen LogP contribution in [-0.4, -0.2) is 32.3 Å². The molecule has 9 nitrogen and oxygen atoms in total. The third-order valence-electron chi connectivity index (χ3n) is 5.29. The van der Waals surface area contributed by atoms with Crippen molar-refractivity contribution in [1.82, 2.24) is 15.5 Å². The Kier molecular flexibility index (Phi) is 6.29. The number of anilines is 2. The number of hydrogen-bond donors (Lipinski definition) is 4. The molecule has 0 unspecified atom stereocenters. The molecule has 11 heteroatoms. The second kappa shape index (κ2) is 9.84. The summed E-state index contributed by atoms with van der Waals surface area (Å²) in [7, 11) is 0. The number of thiazole rings is 1. The van der Waals surface area contributed by atoms with Crippen molar-refractivity contribution in [3.63, 3.8) is 0 Å². The van der Waals surface area contributed by atoms with Gasteiger partial charge in [-0.3, -0.25) is 0 Å². The van der Waals surface area contributed by atoms with Crippen LogP contribution in [0.15, 0.2) is 88.5 Å². The number of rotatable bonds is 7. The Balaban J connectivity index is 1.31. The molecule has 36 heavy (non-hydrogen) atoms. The number of fused-ring (bicyclic) bond motifs is 1. The van der Waals surface area contributed by atoms with E-state index in [1.807, 2.05) is 24.3 Å². The van der Waals surface area contributed by atoms with Crippen LogP contribution in [-0.2, 0) is 4.79 Å². The fourth-order valence-corrected chi connectivity index (χ4v) is 4.45. The highest BCUT2D eigenvalue weighted by atomic mass is 32.1. The van der Waals surface area contributed by atoms with Gasteiger partial charge in [0.25, 0.3) is 0 Å². The third-order valence-corrected chi connectivity index (χ3v) is 6.22. The molecule has 1 atom stereocenters. The molecule has 0 aliphatic carbocycles. The first-order valence-corrected chi connectivity index (χ1v) is 11.5. The van der Waals surface area contributed by atoms with E-state index in [1.165, 1.54) is 29.5 Å². The molecule has 0 bridgehead atoms. The maximum absolute atomic E-state index is 13.4. The average Bonchev–Trinajstić information content (AvgIpc) is 3.52. The van der Waals surface area contributed by atoms with Crippen molar-refractivity contribution in [1.29, 1.82) is 0 Å². The van der Waals surface area contributed by atoms with E-state index >= 15 is 0 Å². The predicted molar refractivity (Wildman–Crippen MR) is 133 cm³/mol. The minimum atomic E-state index is -1.16. The van der Waals surface area contributed by atoms with Gasteiger partial charge in [0, 0.05) is 17.3 Å². The molecule has 3 aromatic carbocycles. The summed E-state index contributed by atoms with van der Waals surface area (Å²) in [6, 6.07) is 20.6. The molecule has 0 spiro atoms. The maximum Gasteiger partial charge on any atom is 0.330 e. The van der Waals surface area contributed by atoms with Crippen LogP contribution in [0, 0.1) is 5.82 Å². The van der Waals surface area contributed by atoms with Crippen LogP contribution in [0.25, 0.3) is 21.5 Å². The molecule has 0 saturated carbocycles. The maximum atomic E-state index is 13.4. The number of nitrogens with one attached hydrogen (secondary N) is 2. The second-order valence-corrected chi connectivity index (χ2v) is 8.72. The fourth-order valence-electron chi connectivity index (χ4n) is 3.54. The summed E-state index contributed by atoms with van der Waals surface area (Å²) in [5, 5.41) is 32.8. The van der Waals surface area contributed by atoms with Gasteiger partial charge in [-0.2, -0.15) is 0 Å². The van der Waals surface area contributed by atoms with E-state index in [9.17, 15) is 19.5 Å². The van der Waals surface area contributed by atoms with Crippen LogP contribution in [0.1, 0.15) is 17.4 Å². The lowest BCUT2D eigenvalue weighted by atomic mass is 10.1. The number of hydrogen-bond acceptors (Lipinski definition) is 8. The van der Waals surface area contributed by atoms with E-state index in [1.54, 1.807) is 36.4 Å². The van der Waals surface area contributed by atoms with Gasteiger partial charge in [-0.15, -0.1) is 0 Å². The minimum absolute atomic E-state index is 0.0681. The van der Waals surface area contributed by atoms with E-state index in [-0.39, 0.29) is 17.4 Å². The van der Waals surface area contributed by atoms with Crippen molar-refractivity contribution in [3.05, 3.63) is 96.0 Å². The molecule has 2 heterocycles. The lowest BCUT2D eigenvalue weighted by molar-refractivity contribution is -0.139. The fraction of sp³-hybridized carbons (Fsp3) is 0.0400. The summed E-state index contributed by atoms with van der Waals surface area (Å²) in [6.07, 6.45) is 0. The second-order valence-electron chi connectivity index (χ2n) is 7.68. The number of carboxylic acids is 1. The van der Waals surface area contributed by atoms with Gasteiger partial charge in [0.05, 0.1) is 10.2 Å². The molecular formula is C25H18FN5O4S. The van der Waals surface area contributed by atoms with Gasteiger partial charge in [0.15, 0.2) is 11.2 Å². The molecule has 180 valence electrons. The Morgan fingerprint density at radius 1 is 1.06 bits per heavy atom. The highest BCUT2D eigenvalue weighted by Gasteiger charge is 2.24. The lowest BCUT2D eigenvalue weighted by Gasteiger charge is -2.15. The van der Waals surface area contributed by atoms with Crippen LogP contribution < -0.4 is 10.6 Å². The average molecular weight is 504 g/mol. The molecule has 0 aliphatic rings. The molecule has 5 aromatic rings. The monoisotopic (exact) mass is 503 g/mol. The molecule has 0 amide bonds. The number of halogens is 1. The summed E-state index contributed by atoms with van der Waals surface area (Å²) in [5.74, 6) is -1.56. The molecular weight excluding hydrogens is 485 g/mol. The smallest absolute Gasteiger partial charge is 0.330 e. The van der Waals surface area contributed by atoms with Gasteiger partial charge in [0.1, 0.15) is 11.5 Å². The zero-order valence-electron chi connectivity index (χ0n) is 18.4. The van der Waals surface area contributed by atoms with Crippen molar-refractivity contribution in [3.8, 4) is 11.3 Å². The van der Waals surface area contributed by atoms with Gasteiger partial charge < -0.3 is 25.5 Å². The Morgan fingerprint density at radius 2 is 1.83 bits per heavy atom. The number of nitrogens with zero attached hydrogens (tertiary/aromatic N) is 3. The van der Waals surface area contributed by atoms with Crippen molar-refractivity contribution in [2.45, 2.75) is 6.04 Å². The number of amidine groups is 1. The molecule has 4 N–H and O–H groups in total. The molecule has 0 saturated heterocycles. The van der Waals surface area contributed by atoms with E-state index in [4.69, 9.17) is 4.52 Å². The first kappa shape index (κ1) is 23.0. The number of carboxylic acid groups (broad SMARTS) is 1. The topological polar surface area (TPSA) is 133 Å². The zero-order chi connectivity index (χ0) is 25.1. The lowest BCUT2D eigenvalue weighted by Crippen LogP contribution is -2.34. The van der Waals surface area contributed by atoms with E-state index in [0.29, 0.717) is 21.9 Å². The van der Waals surface area contributed by atoms with Crippen LogP contribution in [0.2, 0.25) is 0 Å². The predicted octanol–water partition coefficient (Wildman–Crippen LogP) is 5.39. The Labute approximate surface area is 207 Å². The summed E-state index contributed by atoms with van der Waals surface area (Å²) in [4.78, 5) is 16.2. The van der Waals surface area contributed by atoms with Crippen LogP contribution in [0.3, 0.4) is 0 Å². The number of carbonyl (C=O) groups is 1. The molecule has 0 aliphatic heterocycles. The molecule has 2 aromatic heterocycles. The number of oxime groups is 1. The Hall–Kier alpha value is -4.77. The van der Waals surface area contributed by atoms with Gasteiger partial charge in [0.2, 0.25) is 11.6 Å². The SMILES string of the molecule is O=C(O)[C@@H](N/C(=N\O)c1cc(-c2ccc(Nc3nc4ccc(F)cc4s3)cc2)no1)c1ccccc1. The van der Waals surface area contributed by atoms with Gasteiger partial charge >= 0.3 is 5.97 Å². The van der Waals surface area contributed by atoms with E-state index in [0.717, 1.165) is 16.0 Å². The van der Waals surface area contributed by atoms with Gasteiger partial charge in [-0.1, -0.05) is 64.1 Å². The standard InChI is InChI=1S/C25H18FN5O4S/c26-16-8-11-18-21(12-16)36-25(28-18)27-17-9-6-14(7-10-17)19-13-20(35-31-19)23(30-34)29-22(24(32)33)15-4-2-1-3-5-15/h1-13,22,34H,(H,27,28)(H,29,30)(H,32,33)/t22-/m0/s1. The first-order valence-electron chi connectivity index (χ1n) is 10.7. The molecule has 5 rings (SSSR count). The van der Waals surface area contributed by atoms with Crippen molar-refractivity contribution < 1.29 is 24.0 Å². The van der Waals surface area contributed by atoms with Crippen molar-refractivity contribution >= 4 is 44.2 Å². The molecule has 0 fully saturated rings. The van der Waals surface area contributed by atoms with E-state index < -0.39 is 12.0 Å². The van der Waals surface area contributed by atoms with Crippen LogP contribution in [0.4, 0.5) is 15.2 Å². The minimum Gasteiger partial charge on any atom is -0.479 e. The Morgan fingerprint density at radius 3 is 2.56 bits per heavy atom. The van der Waals surface area contributed by atoms with Crippen molar-refractivity contribution in [2.24, 2.45) is 5.16 Å². The number of aliphatic carboxylic acids is 1. The quantitative estimate of drug-likeness (QED) is 0.101. The largest absolute Gasteiger partial charge is 0.479 e. The third kappa shape index (κ3) is 4.86. The normalized spacial score (nSPS) is 12.4. The summed E-state index contributed by atoms with van der Waals surface area (Å²) in [5.41, 5.74) is 3.14. The number of benzene rings is 3. The summed E-state index contributed by atoms with van der Waals surface area (Å²) < 4.78 is 19.5. The van der Waals surface area contributed by atoms with Crippen molar-refractivity contribution in [2.75, 3.05) is 5.32 Å². The van der Waals surface area contributed by atoms with Crippen LogP contribution >= 0.6 is 11.3 Å². The van der Waals surface area contributed by atoms with E-state index in [2.05, 4.69) is 25.9 Å². The zero-order valence-corrected chi connectivity index (χ0v) is 19.2. The Bertz CT molecular complexity index is 1550. The van der Waals surface area contributed by atoms with Crippen LogP contribution in [0.5, 0.6) is 0 Å². The first-order chi connectivity index (χ1) is 17.5. The summed E-state index contributed by atoms with van der Waals surface area (Å²) >= 11 is 1.35. The highest BCUT2D eigenvalue weighted by Crippen LogP contribution is 2.30. The summed E-state index contributed by atoms with van der Waals surface area (Å²) in [6.45, 7) is 0. The van der Waals surface area contributed by atoms with Gasteiger partial charge in [-0.05, 0) is 35.9 Å². The molecule has 0 radical (unpaired) electrons. The highest BCUT2D eigenvalue weighted by molar-refractivity contribution is 7.22. The van der Waals surface area contributed by atoms with Gasteiger partial charge in [-0.25, -0.2) is 14.2 Å². The number of aromatic nitrogens is 2.